The Bertz CT molecular complexity index is 228. The lowest BCUT2D eigenvalue weighted by Gasteiger charge is -2.02. The van der Waals surface area contributed by atoms with Crippen molar-refractivity contribution in [1.82, 2.24) is 0 Å². The Kier molecular flexibility index (Phi) is 8.39. The minimum absolute atomic E-state index is 0.0966. The number of allylic oxidation sites excluding steroid dienone is 3. The van der Waals surface area contributed by atoms with E-state index < -0.39 is 0 Å². The third-order valence-corrected chi connectivity index (χ3v) is 2.57. The molecule has 0 aliphatic rings. The maximum Gasteiger partial charge on any atom is 0.0258 e. The summed E-state index contributed by atoms with van der Waals surface area (Å²) in [6.07, 6.45) is 9.81. The highest BCUT2D eigenvalue weighted by molar-refractivity contribution is 8.05. The largest absolute Gasteiger partial charge is 0.324 e. The molecule has 2 heteroatoms. The Labute approximate surface area is 91.5 Å². The van der Waals surface area contributed by atoms with Gasteiger partial charge in [0, 0.05) is 6.04 Å². The maximum absolute atomic E-state index is 5.78. The molecule has 0 amide bonds. The molecule has 0 saturated heterocycles. The third-order valence-electron chi connectivity index (χ3n) is 1.70. The number of rotatable bonds is 7. The summed E-state index contributed by atoms with van der Waals surface area (Å²) in [5.74, 6) is 0. The van der Waals surface area contributed by atoms with Crippen LogP contribution in [0.2, 0.25) is 0 Å². The van der Waals surface area contributed by atoms with E-state index in [1.807, 2.05) is 24.5 Å². The molecule has 1 nitrogen and oxygen atoms in total. The van der Waals surface area contributed by atoms with Crippen molar-refractivity contribution < 1.29 is 0 Å². The van der Waals surface area contributed by atoms with Gasteiger partial charge in [0.25, 0.3) is 0 Å². The zero-order chi connectivity index (χ0) is 10.8. The maximum atomic E-state index is 5.78. The van der Waals surface area contributed by atoms with Crippen molar-refractivity contribution in [3.8, 4) is 0 Å². The molecule has 0 spiro atoms. The zero-order valence-electron chi connectivity index (χ0n) is 8.78. The number of hydrogen-bond acceptors (Lipinski definition) is 2. The average Bonchev–Trinajstić information content (AvgIpc) is 2.17. The van der Waals surface area contributed by atoms with Gasteiger partial charge in [-0.3, -0.25) is 0 Å². The first-order valence-corrected chi connectivity index (χ1v) is 5.58. The summed E-state index contributed by atoms with van der Waals surface area (Å²) >= 11 is 1.65. The van der Waals surface area contributed by atoms with Crippen LogP contribution >= 0.6 is 11.8 Å². The van der Waals surface area contributed by atoms with E-state index in [0.29, 0.717) is 0 Å². The lowest BCUT2D eigenvalue weighted by Crippen LogP contribution is -2.14. The highest BCUT2D eigenvalue weighted by Gasteiger charge is 1.93. The highest BCUT2D eigenvalue weighted by Crippen LogP contribution is 2.19. The molecule has 0 aliphatic heterocycles. The van der Waals surface area contributed by atoms with Crippen LogP contribution in [0.4, 0.5) is 0 Å². The van der Waals surface area contributed by atoms with Gasteiger partial charge in [-0.1, -0.05) is 30.9 Å². The Morgan fingerprint density at radius 2 is 2.21 bits per heavy atom. The van der Waals surface area contributed by atoms with Crippen molar-refractivity contribution in [1.29, 1.82) is 0 Å². The first kappa shape index (κ1) is 13.3. The fraction of sp³-hybridized carbons (Fsp3) is 0.333. The first-order chi connectivity index (χ1) is 6.74. The number of nitrogens with two attached hydrogens (primary N) is 1. The molecule has 1 unspecified atom stereocenters. The second kappa shape index (κ2) is 8.85. The van der Waals surface area contributed by atoms with Gasteiger partial charge < -0.3 is 5.73 Å². The minimum Gasteiger partial charge on any atom is -0.324 e. The molecule has 0 saturated carbocycles. The van der Waals surface area contributed by atoms with Gasteiger partial charge in [-0.2, -0.15) is 0 Å². The second-order valence-electron chi connectivity index (χ2n) is 2.86. The molecule has 14 heavy (non-hydrogen) atoms. The Morgan fingerprint density at radius 3 is 2.71 bits per heavy atom. The van der Waals surface area contributed by atoms with E-state index in [-0.39, 0.29) is 6.04 Å². The van der Waals surface area contributed by atoms with Crippen molar-refractivity contribution in [3.05, 3.63) is 47.8 Å². The van der Waals surface area contributed by atoms with Gasteiger partial charge in [0.1, 0.15) is 0 Å². The molecule has 2 N–H and O–H groups in total. The molecule has 0 heterocycles. The van der Waals surface area contributed by atoms with Crippen LogP contribution in [-0.2, 0) is 0 Å². The van der Waals surface area contributed by atoms with Crippen LogP contribution < -0.4 is 5.73 Å². The van der Waals surface area contributed by atoms with E-state index in [1.165, 1.54) is 4.91 Å². The van der Waals surface area contributed by atoms with E-state index >= 15 is 0 Å². The van der Waals surface area contributed by atoms with Crippen LogP contribution in [0.25, 0.3) is 0 Å². The molecule has 1 atom stereocenters. The van der Waals surface area contributed by atoms with Crippen LogP contribution in [0.15, 0.2) is 47.8 Å². The summed E-state index contributed by atoms with van der Waals surface area (Å²) in [6, 6.07) is 0.0966. The van der Waals surface area contributed by atoms with Crippen LogP contribution in [-0.4, -0.2) is 6.04 Å². The molecule has 0 aromatic rings. The Morgan fingerprint density at radius 1 is 1.50 bits per heavy atom. The summed E-state index contributed by atoms with van der Waals surface area (Å²) in [4.78, 5) is 1.29. The number of hydrogen-bond donors (Lipinski definition) is 1. The summed E-state index contributed by atoms with van der Waals surface area (Å²) in [7, 11) is 0. The second-order valence-corrected chi connectivity index (χ2v) is 3.95. The summed E-state index contributed by atoms with van der Waals surface area (Å²) in [6.45, 7) is 9.36. The van der Waals surface area contributed by atoms with Crippen molar-refractivity contribution in [2.75, 3.05) is 0 Å². The predicted molar refractivity (Wildman–Crippen MR) is 68.1 cm³/mol. The first-order valence-electron chi connectivity index (χ1n) is 4.70. The van der Waals surface area contributed by atoms with E-state index in [4.69, 9.17) is 5.73 Å². The summed E-state index contributed by atoms with van der Waals surface area (Å²) in [5, 5.41) is 1.84. The van der Waals surface area contributed by atoms with Gasteiger partial charge in [0.2, 0.25) is 0 Å². The topological polar surface area (TPSA) is 26.0 Å². The number of thioether (sulfide) groups is 1. The SMILES string of the molecule is C=CCC(N)/C=C\C/C(=C/C)SC=C. The average molecular weight is 209 g/mol. The van der Waals surface area contributed by atoms with Crippen molar-refractivity contribution in [2.45, 2.75) is 25.8 Å². The van der Waals surface area contributed by atoms with E-state index in [1.54, 1.807) is 11.8 Å². The van der Waals surface area contributed by atoms with Gasteiger partial charge in [-0.05, 0) is 30.1 Å². The van der Waals surface area contributed by atoms with Crippen LogP contribution in [0.5, 0.6) is 0 Å². The van der Waals surface area contributed by atoms with Crippen molar-refractivity contribution in [2.24, 2.45) is 5.73 Å². The van der Waals surface area contributed by atoms with E-state index in [9.17, 15) is 0 Å². The van der Waals surface area contributed by atoms with E-state index in [2.05, 4.69) is 25.3 Å². The fourth-order valence-electron chi connectivity index (χ4n) is 0.971. The summed E-state index contributed by atoms with van der Waals surface area (Å²) in [5.41, 5.74) is 5.78. The predicted octanol–water partition coefficient (Wildman–Crippen LogP) is 3.62. The van der Waals surface area contributed by atoms with Gasteiger partial charge >= 0.3 is 0 Å². The van der Waals surface area contributed by atoms with Gasteiger partial charge in [-0.15, -0.1) is 18.3 Å². The van der Waals surface area contributed by atoms with Crippen molar-refractivity contribution >= 4 is 11.8 Å². The lowest BCUT2D eigenvalue weighted by atomic mass is 10.2. The molecular formula is C12H19NS. The fourth-order valence-corrected chi connectivity index (χ4v) is 1.51. The summed E-state index contributed by atoms with van der Waals surface area (Å²) < 4.78 is 0. The molecule has 0 aromatic carbocycles. The molecule has 0 rings (SSSR count). The molecule has 0 aliphatic carbocycles. The molecule has 0 fully saturated rings. The van der Waals surface area contributed by atoms with Gasteiger partial charge in [0.15, 0.2) is 0 Å². The third kappa shape index (κ3) is 6.75. The van der Waals surface area contributed by atoms with E-state index in [0.717, 1.165) is 12.8 Å². The quantitative estimate of drug-likeness (QED) is 0.648. The molecule has 0 radical (unpaired) electrons. The molecule has 0 bridgehead atoms. The Hall–Kier alpha value is -0.730. The smallest absolute Gasteiger partial charge is 0.0258 e. The van der Waals surface area contributed by atoms with Crippen LogP contribution in [0.3, 0.4) is 0 Å². The van der Waals surface area contributed by atoms with Gasteiger partial charge in [0.05, 0.1) is 0 Å². The normalized spacial score (nSPS) is 14.3. The lowest BCUT2D eigenvalue weighted by molar-refractivity contribution is 0.832. The van der Waals surface area contributed by atoms with Crippen LogP contribution in [0, 0.1) is 0 Å². The molecule has 0 aromatic heterocycles. The molecule has 78 valence electrons. The monoisotopic (exact) mass is 209 g/mol. The van der Waals surface area contributed by atoms with Gasteiger partial charge in [-0.25, -0.2) is 0 Å². The Balaban J connectivity index is 3.89. The zero-order valence-corrected chi connectivity index (χ0v) is 9.59. The highest BCUT2D eigenvalue weighted by atomic mass is 32.2. The standard InChI is InChI=1S/C12H19NS/c1-4-8-11(13)9-7-10-12(5-2)14-6-3/h4-7,9,11H,1,3,8,10,13H2,2H3/b9-7-,12-5-. The van der Waals surface area contributed by atoms with Crippen molar-refractivity contribution in [3.63, 3.8) is 0 Å². The minimum atomic E-state index is 0.0966. The molecular weight excluding hydrogens is 190 g/mol. The van der Waals surface area contributed by atoms with Crippen LogP contribution in [0.1, 0.15) is 19.8 Å².